The van der Waals surface area contributed by atoms with E-state index < -0.39 is 0 Å². The zero-order valence-corrected chi connectivity index (χ0v) is 10.1. The van der Waals surface area contributed by atoms with Gasteiger partial charge < -0.3 is 10.1 Å². The number of nitrogens with one attached hydrogen (secondary N) is 1. The van der Waals surface area contributed by atoms with Crippen LogP contribution in [0.1, 0.15) is 10.4 Å². The van der Waals surface area contributed by atoms with Crippen LogP contribution in [-0.2, 0) is 4.74 Å². The molecule has 0 saturated carbocycles. The van der Waals surface area contributed by atoms with Gasteiger partial charge in [0, 0.05) is 9.50 Å². The lowest BCUT2D eigenvalue weighted by Gasteiger charge is -2.26. The van der Waals surface area contributed by atoms with Crippen LogP contribution in [0.4, 0.5) is 0 Å². The minimum absolute atomic E-state index is 0.105. The first-order valence-corrected chi connectivity index (χ1v) is 5.67. The summed E-state index contributed by atoms with van der Waals surface area (Å²) in [6, 6.07) is 5.23. The summed E-state index contributed by atoms with van der Waals surface area (Å²) in [7, 11) is 0. The van der Waals surface area contributed by atoms with E-state index in [4.69, 9.17) is 16.3 Å². The number of hydrogen-bond acceptors (Lipinski definition) is 2. The molecule has 0 aliphatic carbocycles. The number of hydrogen-bond donors (Lipinski definition) is 1. The second kappa shape index (κ2) is 4.51. The van der Waals surface area contributed by atoms with Crippen LogP contribution in [-0.4, -0.2) is 25.2 Å². The molecular weight excluding hydrogens is 281 g/mol. The fourth-order valence-electron chi connectivity index (χ4n) is 1.26. The molecule has 0 unspecified atom stereocenters. The molecule has 1 saturated heterocycles. The van der Waals surface area contributed by atoms with Crippen molar-refractivity contribution in [1.29, 1.82) is 0 Å². The molecule has 0 spiro atoms. The summed E-state index contributed by atoms with van der Waals surface area (Å²) < 4.78 is 5.68. The van der Waals surface area contributed by atoms with Crippen molar-refractivity contribution in [3.63, 3.8) is 0 Å². The van der Waals surface area contributed by atoms with Crippen LogP contribution in [0.3, 0.4) is 0 Å². The molecule has 80 valence electrons. The molecule has 1 N–H and O–H groups in total. The molecule has 3 nitrogen and oxygen atoms in total. The van der Waals surface area contributed by atoms with Crippen LogP contribution in [0.5, 0.6) is 0 Å². The standard InChI is InChI=1S/C10H9BrClNO2/c11-9-3-6(12)1-2-8(9)10(14)13-7-4-15-5-7/h1-3,7H,4-5H2,(H,13,14). The van der Waals surface area contributed by atoms with E-state index in [0.717, 1.165) is 0 Å². The van der Waals surface area contributed by atoms with Gasteiger partial charge in [-0.2, -0.15) is 0 Å². The Bertz CT molecular complexity index is 393. The van der Waals surface area contributed by atoms with E-state index in [-0.39, 0.29) is 11.9 Å². The summed E-state index contributed by atoms with van der Waals surface area (Å²) in [5.41, 5.74) is 0.589. The normalized spacial score (nSPS) is 15.9. The Morgan fingerprint density at radius 3 is 2.80 bits per heavy atom. The highest BCUT2D eigenvalue weighted by molar-refractivity contribution is 9.10. The Morgan fingerprint density at radius 1 is 1.53 bits per heavy atom. The number of carbonyl (C=O) groups is 1. The highest BCUT2D eigenvalue weighted by Crippen LogP contribution is 2.21. The Labute approximate surface area is 101 Å². The molecule has 1 fully saturated rings. The number of halogens is 2. The minimum atomic E-state index is -0.105. The molecule has 0 atom stereocenters. The van der Waals surface area contributed by atoms with Crippen LogP contribution in [0.15, 0.2) is 22.7 Å². The van der Waals surface area contributed by atoms with Gasteiger partial charge in [0.15, 0.2) is 0 Å². The van der Waals surface area contributed by atoms with Crippen molar-refractivity contribution in [3.05, 3.63) is 33.3 Å². The van der Waals surface area contributed by atoms with Crippen molar-refractivity contribution in [2.75, 3.05) is 13.2 Å². The zero-order valence-electron chi connectivity index (χ0n) is 7.80. The molecule has 1 aliphatic rings. The van der Waals surface area contributed by atoms with Gasteiger partial charge in [-0.25, -0.2) is 0 Å². The molecule has 0 aromatic heterocycles. The molecule has 1 amide bonds. The van der Waals surface area contributed by atoms with Crippen LogP contribution < -0.4 is 5.32 Å². The molecule has 2 rings (SSSR count). The first kappa shape index (κ1) is 10.9. The summed E-state index contributed by atoms with van der Waals surface area (Å²) in [5.74, 6) is -0.105. The number of benzene rings is 1. The van der Waals surface area contributed by atoms with Crippen molar-refractivity contribution >= 4 is 33.4 Å². The molecule has 1 aromatic rings. The van der Waals surface area contributed by atoms with E-state index in [1.807, 2.05) is 0 Å². The van der Waals surface area contributed by atoms with Crippen molar-refractivity contribution < 1.29 is 9.53 Å². The number of carbonyl (C=O) groups excluding carboxylic acids is 1. The number of rotatable bonds is 2. The van der Waals surface area contributed by atoms with Crippen molar-refractivity contribution in [1.82, 2.24) is 5.32 Å². The Balaban J connectivity index is 2.10. The predicted octanol–water partition coefficient (Wildman–Crippen LogP) is 2.23. The second-order valence-electron chi connectivity index (χ2n) is 3.33. The van der Waals surface area contributed by atoms with Crippen molar-refractivity contribution in [3.8, 4) is 0 Å². The first-order valence-electron chi connectivity index (χ1n) is 4.50. The van der Waals surface area contributed by atoms with E-state index >= 15 is 0 Å². The average Bonchev–Trinajstić information content (AvgIpc) is 2.11. The summed E-state index contributed by atoms with van der Waals surface area (Å²) in [4.78, 5) is 11.7. The van der Waals surface area contributed by atoms with Crippen molar-refractivity contribution in [2.24, 2.45) is 0 Å². The maximum atomic E-state index is 11.7. The number of ether oxygens (including phenoxy) is 1. The van der Waals surface area contributed by atoms with Crippen molar-refractivity contribution in [2.45, 2.75) is 6.04 Å². The summed E-state index contributed by atoms with van der Waals surface area (Å²) in [6.07, 6.45) is 0. The monoisotopic (exact) mass is 289 g/mol. The van der Waals surface area contributed by atoms with Crippen LogP contribution in [0, 0.1) is 0 Å². The van der Waals surface area contributed by atoms with Gasteiger partial charge in [0.1, 0.15) is 0 Å². The van der Waals surface area contributed by atoms with Gasteiger partial charge in [0.25, 0.3) is 5.91 Å². The maximum Gasteiger partial charge on any atom is 0.252 e. The van der Waals surface area contributed by atoms with Gasteiger partial charge in [0.2, 0.25) is 0 Å². The Kier molecular flexibility index (Phi) is 3.29. The summed E-state index contributed by atoms with van der Waals surface area (Å²) >= 11 is 9.09. The third-order valence-electron chi connectivity index (χ3n) is 2.15. The van der Waals surface area contributed by atoms with Crippen LogP contribution >= 0.6 is 27.5 Å². The molecule has 0 radical (unpaired) electrons. The highest BCUT2D eigenvalue weighted by atomic mass is 79.9. The second-order valence-corrected chi connectivity index (χ2v) is 4.62. The molecule has 15 heavy (non-hydrogen) atoms. The third kappa shape index (κ3) is 2.51. The topological polar surface area (TPSA) is 38.3 Å². The lowest BCUT2D eigenvalue weighted by molar-refractivity contribution is -0.00347. The Morgan fingerprint density at radius 2 is 2.27 bits per heavy atom. The van der Waals surface area contributed by atoms with Crippen LogP contribution in [0.25, 0.3) is 0 Å². The van der Waals surface area contributed by atoms with Gasteiger partial charge in [-0.15, -0.1) is 0 Å². The van der Waals surface area contributed by atoms with E-state index in [2.05, 4.69) is 21.2 Å². The fourth-order valence-corrected chi connectivity index (χ4v) is 2.12. The van der Waals surface area contributed by atoms with Gasteiger partial charge in [0.05, 0.1) is 24.8 Å². The van der Waals surface area contributed by atoms with Gasteiger partial charge >= 0.3 is 0 Å². The molecular formula is C10H9BrClNO2. The minimum Gasteiger partial charge on any atom is -0.377 e. The molecule has 1 aliphatic heterocycles. The van der Waals surface area contributed by atoms with E-state index in [0.29, 0.717) is 28.3 Å². The van der Waals surface area contributed by atoms with Gasteiger partial charge in [-0.05, 0) is 34.1 Å². The zero-order chi connectivity index (χ0) is 10.8. The molecule has 0 bridgehead atoms. The molecule has 1 aromatic carbocycles. The quantitative estimate of drug-likeness (QED) is 0.907. The first-order chi connectivity index (χ1) is 7.16. The molecule has 5 heteroatoms. The largest absolute Gasteiger partial charge is 0.377 e. The lowest BCUT2D eigenvalue weighted by atomic mass is 10.2. The summed E-state index contributed by atoms with van der Waals surface area (Å²) in [5, 5.41) is 3.46. The van der Waals surface area contributed by atoms with Crippen LogP contribution in [0.2, 0.25) is 5.02 Å². The average molecular weight is 291 g/mol. The van der Waals surface area contributed by atoms with E-state index in [1.54, 1.807) is 18.2 Å². The summed E-state index contributed by atoms with van der Waals surface area (Å²) in [6.45, 7) is 1.19. The fraction of sp³-hybridized carbons (Fsp3) is 0.300. The Hall–Kier alpha value is -0.580. The highest BCUT2D eigenvalue weighted by Gasteiger charge is 2.21. The number of amides is 1. The lowest BCUT2D eigenvalue weighted by Crippen LogP contribution is -2.48. The van der Waals surface area contributed by atoms with E-state index in [1.165, 1.54) is 0 Å². The third-order valence-corrected chi connectivity index (χ3v) is 3.04. The SMILES string of the molecule is O=C(NC1COC1)c1ccc(Cl)cc1Br. The van der Waals surface area contributed by atoms with Gasteiger partial charge in [-0.3, -0.25) is 4.79 Å². The molecule has 1 heterocycles. The smallest absolute Gasteiger partial charge is 0.252 e. The predicted molar refractivity (Wildman–Crippen MR) is 61.2 cm³/mol. The maximum absolute atomic E-state index is 11.7. The van der Waals surface area contributed by atoms with E-state index in [9.17, 15) is 4.79 Å². The van der Waals surface area contributed by atoms with Gasteiger partial charge in [-0.1, -0.05) is 11.6 Å².